The number of hydrogen-bond donors (Lipinski definition) is 1. The SMILES string of the molecule is Cc1nonc1CNc1ccc(C#N)c(C#N)c1. The van der Waals surface area contributed by atoms with E-state index in [-0.39, 0.29) is 0 Å². The Bertz CT molecular complexity index is 647. The van der Waals surface area contributed by atoms with E-state index in [0.29, 0.717) is 23.4 Å². The van der Waals surface area contributed by atoms with Crippen LogP contribution in [0.5, 0.6) is 0 Å². The topological polar surface area (TPSA) is 98.5 Å². The van der Waals surface area contributed by atoms with Gasteiger partial charge in [0.05, 0.1) is 17.7 Å². The second-order valence-electron chi connectivity index (χ2n) is 3.63. The summed E-state index contributed by atoms with van der Waals surface area (Å²) in [4.78, 5) is 0. The largest absolute Gasteiger partial charge is 0.379 e. The van der Waals surface area contributed by atoms with Crippen molar-refractivity contribution in [2.24, 2.45) is 0 Å². The quantitative estimate of drug-likeness (QED) is 0.875. The van der Waals surface area contributed by atoms with E-state index in [4.69, 9.17) is 10.5 Å². The summed E-state index contributed by atoms with van der Waals surface area (Å²) in [5.74, 6) is 0. The number of benzene rings is 1. The maximum Gasteiger partial charge on any atom is 0.127 e. The zero-order valence-corrected chi connectivity index (χ0v) is 9.64. The lowest BCUT2D eigenvalue weighted by molar-refractivity contribution is 0.301. The highest BCUT2D eigenvalue weighted by Crippen LogP contribution is 2.15. The first kappa shape index (κ1) is 11.6. The van der Waals surface area contributed by atoms with Crippen molar-refractivity contribution >= 4 is 5.69 Å². The van der Waals surface area contributed by atoms with Gasteiger partial charge in [0.15, 0.2) is 0 Å². The smallest absolute Gasteiger partial charge is 0.127 e. The summed E-state index contributed by atoms with van der Waals surface area (Å²) in [6.45, 7) is 2.25. The molecule has 0 aliphatic rings. The fourth-order valence-electron chi connectivity index (χ4n) is 1.44. The summed E-state index contributed by atoms with van der Waals surface area (Å²) in [5, 5.41) is 28.2. The van der Waals surface area contributed by atoms with Crippen molar-refractivity contribution in [3.63, 3.8) is 0 Å². The highest BCUT2D eigenvalue weighted by Gasteiger charge is 2.06. The van der Waals surface area contributed by atoms with Crippen molar-refractivity contribution < 1.29 is 4.63 Å². The molecule has 18 heavy (non-hydrogen) atoms. The average molecular weight is 239 g/mol. The molecule has 1 aromatic heterocycles. The van der Waals surface area contributed by atoms with Crippen LogP contribution < -0.4 is 5.32 Å². The van der Waals surface area contributed by atoms with Crippen LogP contribution in [0.15, 0.2) is 22.8 Å². The molecule has 0 spiro atoms. The molecule has 0 saturated carbocycles. The number of nitriles is 2. The molecule has 0 radical (unpaired) electrons. The first-order valence-electron chi connectivity index (χ1n) is 5.20. The molecule has 0 aliphatic carbocycles. The third-order valence-corrected chi connectivity index (χ3v) is 2.47. The van der Waals surface area contributed by atoms with Crippen LogP contribution in [0.2, 0.25) is 0 Å². The van der Waals surface area contributed by atoms with Crippen molar-refractivity contribution in [2.75, 3.05) is 5.32 Å². The molecule has 0 fully saturated rings. The predicted molar refractivity (Wildman–Crippen MR) is 62.2 cm³/mol. The Hall–Kier alpha value is -2.86. The Balaban J connectivity index is 2.14. The molecule has 1 heterocycles. The van der Waals surface area contributed by atoms with E-state index in [1.54, 1.807) is 25.1 Å². The van der Waals surface area contributed by atoms with Crippen molar-refractivity contribution in [3.8, 4) is 12.1 Å². The number of nitrogens with one attached hydrogen (secondary N) is 1. The fourth-order valence-corrected chi connectivity index (χ4v) is 1.44. The lowest BCUT2D eigenvalue weighted by Crippen LogP contribution is -2.02. The molecule has 1 N–H and O–H groups in total. The van der Waals surface area contributed by atoms with Crippen molar-refractivity contribution in [1.82, 2.24) is 10.3 Å². The third-order valence-electron chi connectivity index (χ3n) is 2.47. The van der Waals surface area contributed by atoms with E-state index in [9.17, 15) is 0 Å². The minimum atomic E-state index is 0.345. The number of hydrogen-bond acceptors (Lipinski definition) is 6. The van der Waals surface area contributed by atoms with Gasteiger partial charge in [-0.05, 0) is 25.1 Å². The van der Waals surface area contributed by atoms with E-state index in [0.717, 1.165) is 11.4 Å². The Kier molecular flexibility index (Phi) is 3.22. The van der Waals surface area contributed by atoms with Gasteiger partial charge < -0.3 is 5.32 Å². The standard InChI is InChI=1S/C12H9N5O/c1-8-12(17-18-16-8)7-15-11-3-2-9(5-13)10(4-11)6-14/h2-4,15H,7H2,1H3. The molecule has 2 rings (SSSR count). The highest BCUT2D eigenvalue weighted by atomic mass is 16.6. The molecule has 0 unspecified atom stereocenters. The minimum Gasteiger partial charge on any atom is -0.379 e. The summed E-state index contributed by atoms with van der Waals surface area (Å²) in [7, 11) is 0. The molecule has 0 atom stereocenters. The summed E-state index contributed by atoms with van der Waals surface area (Å²) in [6.07, 6.45) is 0. The Morgan fingerprint density at radius 3 is 2.61 bits per heavy atom. The van der Waals surface area contributed by atoms with E-state index in [1.807, 2.05) is 12.1 Å². The number of aryl methyl sites for hydroxylation is 1. The van der Waals surface area contributed by atoms with Gasteiger partial charge in [-0.1, -0.05) is 10.3 Å². The molecule has 0 bridgehead atoms. The lowest BCUT2D eigenvalue weighted by Gasteiger charge is -2.05. The summed E-state index contributed by atoms with van der Waals surface area (Å²) in [5.41, 5.74) is 2.88. The second kappa shape index (κ2) is 4.98. The first-order valence-corrected chi connectivity index (χ1v) is 5.20. The average Bonchev–Trinajstić information content (AvgIpc) is 2.81. The normalized spacial score (nSPS) is 9.50. The van der Waals surface area contributed by atoms with Gasteiger partial charge in [-0.25, -0.2) is 4.63 Å². The molecule has 0 aliphatic heterocycles. The molecule has 88 valence electrons. The monoisotopic (exact) mass is 239 g/mol. The molecule has 1 aromatic carbocycles. The molecule has 0 saturated heterocycles. The summed E-state index contributed by atoms with van der Waals surface area (Å²) < 4.78 is 4.58. The summed E-state index contributed by atoms with van der Waals surface area (Å²) in [6, 6.07) is 8.92. The molecule has 6 heteroatoms. The van der Waals surface area contributed by atoms with E-state index in [1.165, 1.54) is 0 Å². The zero-order chi connectivity index (χ0) is 13.0. The van der Waals surface area contributed by atoms with Gasteiger partial charge in [-0.15, -0.1) is 0 Å². The second-order valence-corrected chi connectivity index (χ2v) is 3.63. The molecular formula is C12H9N5O. The van der Waals surface area contributed by atoms with Crippen LogP contribution >= 0.6 is 0 Å². The van der Waals surface area contributed by atoms with Crippen LogP contribution in [0.4, 0.5) is 5.69 Å². The van der Waals surface area contributed by atoms with E-state index in [2.05, 4.69) is 20.3 Å². The van der Waals surface area contributed by atoms with Gasteiger partial charge >= 0.3 is 0 Å². The Morgan fingerprint density at radius 1 is 1.22 bits per heavy atom. The molecule has 6 nitrogen and oxygen atoms in total. The minimum absolute atomic E-state index is 0.345. The van der Waals surface area contributed by atoms with Crippen LogP contribution in [0.25, 0.3) is 0 Å². The lowest BCUT2D eigenvalue weighted by atomic mass is 10.1. The van der Waals surface area contributed by atoms with Crippen LogP contribution in [-0.4, -0.2) is 10.3 Å². The van der Waals surface area contributed by atoms with Gasteiger partial charge in [0.1, 0.15) is 23.5 Å². The first-order chi connectivity index (χ1) is 8.74. The third kappa shape index (κ3) is 2.28. The van der Waals surface area contributed by atoms with E-state index >= 15 is 0 Å². The fraction of sp³-hybridized carbons (Fsp3) is 0.167. The van der Waals surface area contributed by atoms with Crippen molar-refractivity contribution in [3.05, 3.63) is 40.7 Å². The number of anilines is 1. The van der Waals surface area contributed by atoms with Gasteiger partial charge in [0.25, 0.3) is 0 Å². The Morgan fingerprint density at radius 2 is 2.00 bits per heavy atom. The van der Waals surface area contributed by atoms with Gasteiger partial charge in [0, 0.05) is 5.69 Å². The van der Waals surface area contributed by atoms with E-state index < -0.39 is 0 Å². The van der Waals surface area contributed by atoms with Crippen molar-refractivity contribution in [1.29, 1.82) is 10.5 Å². The molecular weight excluding hydrogens is 230 g/mol. The molecule has 2 aromatic rings. The highest BCUT2D eigenvalue weighted by molar-refractivity contribution is 5.56. The van der Waals surface area contributed by atoms with Crippen molar-refractivity contribution in [2.45, 2.75) is 13.5 Å². The maximum atomic E-state index is 8.90. The maximum absolute atomic E-state index is 8.90. The number of rotatable bonds is 3. The Labute approximate surface area is 103 Å². The molecule has 0 amide bonds. The zero-order valence-electron chi connectivity index (χ0n) is 9.64. The number of nitrogens with zero attached hydrogens (tertiary/aromatic N) is 4. The summed E-state index contributed by atoms with van der Waals surface area (Å²) >= 11 is 0. The van der Waals surface area contributed by atoms with Gasteiger partial charge in [0.2, 0.25) is 0 Å². The van der Waals surface area contributed by atoms with Crippen LogP contribution in [-0.2, 0) is 6.54 Å². The van der Waals surface area contributed by atoms with Crippen LogP contribution in [0.3, 0.4) is 0 Å². The van der Waals surface area contributed by atoms with Crippen LogP contribution in [0, 0.1) is 29.6 Å². The van der Waals surface area contributed by atoms with Gasteiger partial charge in [-0.2, -0.15) is 10.5 Å². The van der Waals surface area contributed by atoms with Gasteiger partial charge in [-0.3, -0.25) is 0 Å². The van der Waals surface area contributed by atoms with Crippen LogP contribution in [0.1, 0.15) is 22.5 Å². The predicted octanol–water partition coefficient (Wildman–Crippen LogP) is 1.73. The number of aromatic nitrogens is 2.